The Bertz CT molecular complexity index is 545. The number of carbonyl (C=O) groups is 1. The monoisotopic (exact) mass is 349 g/mol. The number of hydrogen-bond acceptors (Lipinski definition) is 5. The molecule has 0 radical (unpaired) electrons. The maximum atomic E-state index is 12.2. The molecule has 25 heavy (non-hydrogen) atoms. The first-order valence-corrected chi connectivity index (χ1v) is 9.28. The Morgan fingerprint density at radius 2 is 1.84 bits per heavy atom. The summed E-state index contributed by atoms with van der Waals surface area (Å²) in [5.41, 5.74) is 1.52. The number of unbranched alkanes of at least 4 members (excludes halogenated alkanes) is 1. The fraction of sp³-hybridized carbons (Fsp3) is 0.650. The fourth-order valence-electron chi connectivity index (χ4n) is 3.07. The van der Waals surface area contributed by atoms with Crippen LogP contribution in [0.15, 0.2) is 24.3 Å². The van der Waals surface area contributed by atoms with Crippen LogP contribution < -0.4 is 5.32 Å². The van der Waals surface area contributed by atoms with E-state index < -0.39 is 6.29 Å². The summed E-state index contributed by atoms with van der Waals surface area (Å²) in [5.74, 6) is 0.239. The number of anilines is 1. The highest BCUT2D eigenvalue weighted by Gasteiger charge is 2.38. The normalized spacial score (nSPS) is 29.2. The van der Waals surface area contributed by atoms with Crippen LogP contribution in [0.25, 0.3) is 0 Å². The van der Waals surface area contributed by atoms with E-state index in [1.165, 1.54) is 0 Å². The molecule has 1 saturated heterocycles. The van der Waals surface area contributed by atoms with Crippen molar-refractivity contribution >= 4 is 11.7 Å². The van der Waals surface area contributed by atoms with E-state index in [4.69, 9.17) is 9.47 Å². The molecule has 0 aliphatic carbocycles. The van der Waals surface area contributed by atoms with Crippen molar-refractivity contribution in [3.05, 3.63) is 29.8 Å². The molecule has 1 aliphatic heterocycles. The molecule has 2 unspecified atom stereocenters. The zero-order valence-electron chi connectivity index (χ0n) is 15.7. The van der Waals surface area contributed by atoms with Crippen LogP contribution in [0, 0.1) is 17.8 Å². The first-order chi connectivity index (χ1) is 11.9. The standard InChI is InChI=1S/C20H31NO4/c1-5-6-11-21-17-9-7-16(8-10-17)20(23)24-12-18-14(3)13(2)15(4)19(22)25-18/h7-10,13-15,18-19,21-22H,5-6,11-12H2,1-4H3/t13-,14-,15?,18?,19-/m0/s1. The quantitative estimate of drug-likeness (QED) is 0.580. The van der Waals surface area contributed by atoms with Gasteiger partial charge in [0.15, 0.2) is 6.29 Å². The van der Waals surface area contributed by atoms with Crippen LogP contribution in [0.1, 0.15) is 50.9 Å². The summed E-state index contributed by atoms with van der Waals surface area (Å²) in [5, 5.41) is 13.3. The summed E-state index contributed by atoms with van der Waals surface area (Å²) in [6, 6.07) is 7.31. The molecule has 0 saturated carbocycles. The second-order valence-corrected chi connectivity index (χ2v) is 7.10. The minimum Gasteiger partial charge on any atom is -0.459 e. The van der Waals surface area contributed by atoms with E-state index >= 15 is 0 Å². The van der Waals surface area contributed by atoms with Gasteiger partial charge in [-0.05, 0) is 42.5 Å². The summed E-state index contributed by atoms with van der Waals surface area (Å²) < 4.78 is 11.0. The van der Waals surface area contributed by atoms with Crippen LogP contribution in [0.4, 0.5) is 5.69 Å². The van der Waals surface area contributed by atoms with E-state index in [2.05, 4.69) is 26.1 Å². The summed E-state index contributed by atoms with van der Waals surface area (Å²) in [6.07, 6.45) is 1.18. The van der Waals surface area contributed by atoms with E-state index in [0.29, 0.717) is 11.5 Å². The van der Waals surface area contributed by atoms with E-state index in [9.17, 15) is 9.90 Å². The summed E-state index contributed by atoms with van der Waals surface area (Å²) in [4.78, 5) is 12.2. The van der Waals surface area contributed by atoms with Gasteiger partial charge in [0.2, 0.25) is 0 Å². The second kappa shape index (κ2) is 9.20. The number of hydrogen-bond donors (Lipinski definition) is 2. The first-order valence-electron chi connectivity index (χ1n) is 9.28. The van der Waals surface area contributed by atoms with Gasteiger partial charge < -0.3 is 19.9 Å². The van der Waals surface area contributed by atoms with E-state index in [0.717, 1.165) is 25.1 Å². The summed E-state index contributed by atoms with van der Waals surface area (Å²) in [7, 11) is 0. The van der Waals surface area contributed by atoms with Gasteiger partial charge in [-0.15, -0.1) is 0 Å². The number of esters is 1. The second-order valence-electron chi connectivity index (χ2n) is 7.10. The maximum Gasteiger partial charge on any atom is 0.338 e. The number of aliphatic hydroxyl groups excluding tert-OH is 1. The number of aliphatic hydroxyl groups is 1. The van der Waals surface area contributed by atoms with Crippen molar-refractivity contribution in [2.24, 2.45) is 17.8 Å². The number of rotatable bonds is 7. The Labute approximate surface area is 150 Å². The van der Waals surface area contributed by atoms with Gasteiger partial charge in [-0.1, -0.05) is 34.1 Å². The van der Waals surface area contributed by atoms with Crippen LogP contribution in [-0.4, -0.2) is 36.6 Å². The van der Waals surface area contributed by atoms with Crippen molar-refractivity contribution in [1.82, 2.24) is 0 Å². The molecule has 2 rings (SSSR count). The summed E-state index contributed by atoms with van der Waals surface area (Å²) >= 11 is 0. The van der Waals surface area contributed by atoms with Crippen LogP contribution >= 0.6 is 0 Å². The Balaban J connectivity index is 1.85. The first kappa shape index (κ1) is 19.7. The predicted molar refractivity (Wildman–Crippen MR) is 98.5 cm³/mol. The van der Waals surface area contributed by atoms with Crippen LogP contribution in [0.5, 0.6) is 0 Å². The lowest BCUT2D eigenvalue weighted by Gasteiger charge is -2.41. The molecular weight excluding hydrogens is 318 g/mol. The predicted octanol–water partition coefficient (Wildman–Crippen LogP) is 3.68. The van der Waals surface area contributed by atoms with Crippen LogP contribution in [-0.2, 0) is 9.47 Å². The van der Waals surface area contributed by atoms with Gasteiger partial charge in [0.05, 0.1) is 11.7 Å². The number of ether oxygens (including phenoxy) is 2. The third kappa shape index (κ3) is 5.19. The lowest BCUT2D eigenvalue weighted by Crippen LogP contribution is -2.46. The molecule has 0 bridgehead atoms. The zero-order chi connectivity index (χ0) is 18.4. The Hall–Kier alpha value is -1.59. The van der Waals surface area contributed by atoms with Gasteiger partial charge in [0.25, 0.3) is 0 Å². The van der Waals surface area contributed by atoms with Crippen molar-refractivity contribution in [1.29, 1.82) is 0 Å². The molecule has 1 aliphatic rings. The topological polar surface area (TPSA) is 67.8 Å². The van der Waals surface area contributed by atoms with Gasteiger partial charge in [0.1, 0.15) is 6.61 Å². The minimum atomic E-state index is -0.802. The molecular formula is C20H31NO4. The third-order valence-corrected chi connectivity index (χ3v) is 5.37. The van der Waals surface area contributed by atoms with E-state index in [1.807, 2.05) is 19.1 Å². The van der Waals surface area contributed by atoms with Crippen molar-refractivity contribution in [2.75, 3.05) is 18.5 Å². The molecule has 5 nitrogen and oxygen atoms in total. The van der Waals surface area contributed by atoms with Crippen molar-refractivity contribution < 1.29 is 19.4 Å². The van der Waals surface area contributed by atoms with E-state index in [1.54, 1.807) is 12.1 Å². The number of benzene rings is 1. The SMILES string of the molecule is CCCCNc1ccc(C(=O)OCC2O[C@H](O)C(C)[C@@H](C)[C@@H]2C)cc1. The smallest absolute Gasteiger partial charge is 0.338 e. The summed E-state index contributed by atoms with van der Waals surface area (Å²) in [6.45, 7) is 9.38. The Kier molecular flexibility index (Phi) is 7.26. The minimum absolute atomic E-state index is 0.0784. The van der Waals surface area contributed by atoms with Crippen molar-refractivity contribution in [3.8, 4) is 0 Å². The average molecular weight is 349 g/mol. The zero-order valence-corrected chi connectivity index (χ0v) is 15.7. The Morgan fingerprint density at radius 1 is 1.16 bits per heavy atom. The molecule has 0 spiro atoms. The van der Waals surface area contributed by atoms with Crippen LogP contribution in [0.2, 0.25) is 0 Å². The van der Waals surface area contributed by atoms with Crippen LogP contribution in [0.3, 0.4) is 0 Å². The molecule has 1 aromatic rings. The highest BCUT2D eigenvalue weighted by atomic mass is 16.6. The molecule has 2 N–H and O–H groups in total. The lowest BCUT2D eigenvalue weighted by atomic mass is 9.79. The van der Waals surface area contributed by atoms with Crippen molar-refractivity contribution in [3.63, 3.8) is 0 Å². The third-order valence-electron chi connectivity index (χ3n) is 5.37. The molecule has 5 heteroatoms. The Morgan fingerprint density at radius 3 is 2.48 bits per heavy atom. The largest absolute Gasteiger partial charge is 0.459 e. The number of nitrogens with one attached hydrogen (secondary N) is 1. The highest BCUT2D eigenvalue weighted by molar-refractivity contribution is 5.89. The van der Waals surface area contributed by atoms with Gasteiger partial charge >= 0.3 is 5.97 Å². The van der Waals surface area contributed by atoms with E-state index in [-0.39, 0.29) is 30.5 Å². The fourth-order valence-corrected chi connectivity index (χ4v) is 3.07. The molecule has 0 aromatic heterocycles. The molecule has 1 heterocycles. The lowest BCUT2D eigenvalue weighted by molar-refractivity contribution is -0.232. The molecule has 0 amide bonds. The molecule has 1 aromatic carbocycles. The molecule has 1 fully saturated rings. The number of carbonyl (C=O) groups excluding carboxylic acids is 1. The average Bonchev–Trinajstić information content (AvgIpc) is 2.62. The molecule has 5 atom stereocenters. The van der Waals surface area contributed by atoms with Crippen molar-refractivity contribution in [2.45, 2.75) is 52.9 Å². The van der Waals surface area contributed by atoms with Gasteiger partial charge in [0, 0.05) is 18.2 Å². The van der Waals surface area contributed by atoms with Gasteiger partial charge in [-0.2, -0.15) is 0 Å². The maximum absolute atomic E-state index is 12.2. The highest BCUT2D eigenvalue weighted by Crippen LogP contribution is 2.34. The van der Waals surface area contributed by atoms with Gasteiger partial charge in [-0.25, -0.2) is 4.79 Å². The molecule has 140 valence electrons. The van der Waals surface area contributed by atoms with Gasteiger partial charge in [-0.3, -0.25) is 0 Å².